The first-order chi connectivity index (χ1) is 7.40. The molecule has 0 spiro atoms. The van der Waals surface area contributed by atoms with Crippen LogP contribution in [0.2, 0.25) is 0 Å². The summed E-state index contributed by atoms with van der Waals surface area (Å²) >= 11 is 0. The van der Waals surface area contributed by atoms with E-state index >= 15 is 0 Å². The van der Waals surface area contributed by atoms with Gasteiger partial charge in [0, 0.05) is 0 Å². The van der Waals surface area contributed by atoms with E-state index in [1.807, 2.05) is 0 Å². The van der Waals surface area contributed by atoms with Crippen molar-refractivity contribution in [2.45, 2.75) is 12.7 Å². The predicted octanol–water partition coefficient (Wildman–Crippen LogP) is 0.862. The molecule has 2 rings (SSSR count). The van der Waals surface area contributed by atoms with E-state index in [2.05, 4.69) is 4.98 Å². The van der Waals surface area contributed by atoms with Crippen LogP contribution in [0.25, 0.3) is 0 Å². The highest BCUT2D eigenvalue weighted by atomic mass is 16.5. The zero-order valence-electron chi connectivity index (χ0n) is 7.88. The number of carbonyl (C=O) groups excluding carboxylic acids is 1. The predicted molar refractivity (Wildman–Crippen MR) is 49.4 cm³/mol. The Bertz CT molecular complexity index is 390. The van der Waals surface area contributed by atoms with Gasteiger partial charge in [0.15, 0.2) is 5.94 Å². The zero-order valence-corrected chi connectivity index (χ0v) is 7.88. The summed E-state index contributed by atoms with van der Waals surface area (Å²) in [6, 6.07) is 0. The number of aromatic nitrogens is 1. The zero-order chi connectivity index (χ0) is 10.5. The van der Waals surface area contributed by atoms with Crippen molar-refractivity contribution >= 4 is 5.94 Å². The Labute approximate surface area is 86.0 Å². The molecule has 1 aromatic rings. The first-order valence-electron chi connectivity index (χ1n) is 4.44. The summed E-state index contributed by atoms with van der Waals surface area (Å²) in [5.74, 6) is 2.32. The number of hydrogen-bond acceptors (Lipinski definition) is 5. The Morgan fingerprint density at radius 1 is 1.67 bits per heavy atom. The van der Waals surface area contributed by atoms with Crippen molar-refractivity contribution < 1.29 is 18.7 Å². The fourth-order valence-electron chi connectivity index (χ4n) is 1.19. The number of ether oxygens (including phenoxy) is 2. The Morgan fingerprint density at radius 2 is 2.60 bits per heavy atom. The van der Waals surface area contributed by atoms with Crippen molar-refractivity contribution in [3.63, 3.8) is 0 Å². The van der Waals surface area contributed by atoms with Gasteiger partial charge in [0.05, 0.1) is 6.20 Å². The molecule has 0 fully saturated rings. The highest BCUT2D eigenvalue weighted by Gasteiger charge is 2.18. The minimum atomic E-state index is -0.497. The summed E-state index contributed by atoms with van der Waals surface area (Å²) in [6.07, 6.45) is 6.02. The summed E-state index contributed by atoms with van der Waals surface area (Å²) in [4.78, 5) is 14.4. The normalized spacial score (nSPS) is 19.7. The molecule has 0 aliphatic carbocycles. The molecule has 0 amide bonds. The summed E-state index contributed by atoms with van der Waals surface area (Å²) in [5, 5.41) is 0. The van der Waals surface area contributed by atoms with Gasteiger partial charge in [-0.1, -0.05) is 0 Å². The van der Waals surface area contributed by atoms with Gasteiger partial charge < -0.3 is 13.9 Å². The largest absolute Gasteiger partial charge is 0.480 e. The molecule has 5 heteroatoms. The van der Waals surface area contributed by atoms with E-state index in [1.165, 1.54) is 12.5 Å². The molecular weight excluding hydrogens is 198 g/mol. The standard InChI is InChI=1S/C10H9NO4/c12-6-9-8(2-1-4-13-9)15-7-10-11-3-5-14-10/h1-3,5,8H,4,7H2. The van der Waals surface area contributed by atoms with Crippen LogP contribution < -0.4 is 0 Å². The van der Waals surface area contributed by atoms with Gasteiger partial charge in [0.1, 0.15) is 25.6 Å². The van der Waals surface area contributed by atoms with Gasteiger partial charge in [0.25, 0.3) is 0 Å². The quantitative estimate of drug-likeness (QED) is 0.543. The van der Waals surface area contributed by atoms with Gasteiger partial charge in [-0.05, 0) is 12.2 Å². The second-order valence-corrected chi connectivity index (χ2v) is 2.86. The molecule has 0 saturated carbocycles. The molecule has 5 nitrogen and oxygen atoms in total. The van der Waals surface area contributed by atoms with Gasteiger partial charge >= 0.3 is 0 Å². The van der Waals surface area contributed by atoms with E-state index in [1.54, 1.807) is 18.1 Å². The van der Waals surface area contributed by atoms with Crippen LogP contribution >= 0.6 is 0 Å². The van der Waals surface area contributed by atoms with Crippen LogP contribution in [0.5, 0.6) is 0 Å². The first kappa shape index (κ1) is 9.71. The third kappa shape index (κ3) is 2.34. The minimum Gasteiger partial charge on any atom is -0.480 e. The molecule has 78 valence electrons. The molecule has 0 aromatic carbocycles. The molecule has 1 aromatic heterocycles. The molecule has 1 unspecified atom stereocenters. The second-order valence-electron chi connectivity index (χ2n) is 2.86. The number of nitrogens with zero attached hydrogens (tertiary/aromatic N) is 1. The summed E-state index contributed by atoms with van der Waals surface area (Å²) in [5.41, 5.74) is 0. The molecule has 1 aliphatic rings. The molecule has 0 bridgehead atoms. The number of rotatable bonds is 3. The maximum Gasteiger partial charge on any atom is 0.220 e. The van der Waals surface area contributed by atoms with Crippen LogP contribution in [-0.4, -0.2) is 23.6 Å². The molecule has 0 saturated heterocycles. The van der Waals surface area contributed by atoms with E-state index in [-0.39, 0.29) is 12.4 Å². The smallest absolute Gasteiger partial charge is 0.220 e. The lowest BCUT2D eigenvalue weighted by molar-refractivity contribution is 0.0352. The summed E-state index contributed by atoms with van der Waals surface area (Å²) in [6.45, 7) is 0.569. The fourth-order valence-corrected chi connectivity index (χ4v) is 1.19. The van der Waals surface area contributed by atoms with Gasteiger partial charge in [-0.25, -0.2) is 9.78 Å². The average Bonchev–Trinajstić information content (AvgIpc) is 2.79. The fraction of sp³-hybridized carbons (Fsp3) is 0.300. The number of oxazole rings is 1. The highest BCUT2D eigenvalue weighted by Crippen LogP contribution is 2.14. The van der Waals surface area contributed by atoms with Crippen LogP contribution in [0.4, 0.5) is 0 Å². The van der Waals surface area contributed by atoms with Crippen LogP contribution in [0.15, 0.2) is 34.8 Å². The molecule has 2 heterocycles. The van der Waals surface area contributed by atoms with Gasteiger partial charge in [-0.3, -0.25) is 0 Å². The van der Waals surface area contributed by atoms with Crippen LogP contribution in [-0.2, 0) is 20.9 Å². The second kappa shape index (κ2) is 4.59. The van der Waals surface area contributed by atoms with Gasteiger partial charge in [-0.2, -0.15) is 0 Å². The lowest BCUT2D eigenvalue weighted by atomic mass is 10.2. The third-order valence-corrected chi connectivity index (χ3v) is 1.87. The highest BCUT2D eigenvalue weighted by molar-refractivity contribution is 5.52. The van der Waals surface area contributed by atoms with Gasteiger partial charge in [0.2, 0.25) is 11.6 Å². The van der Waals surface area contributed by atoms with Crippen molar-refractivity contribution in [1.29, 1.82) is 0 Å². The SMILES string of the molecule is O=C=C1OCC=CC1OCc1ncco1. The van der Waals surface area contributed by atoms with Crippen molar-refractivity contribution in [3.05, 3.63) is 36.3 Å². The van der Waals surface area contributed by atoms with Crippen LogP contribution in [0.3, 0.4) is 0 Å². The Kier molecular flexibility index (Phi) is 2.97. The Morgan fingerprint density at radius 3 is 3.33 bits per heavy atom. The van der Waals surface area contributed by atoms with Crippen molar-refractivity contribution in [1.82, 2.24) is 4.98 Å². The van der Waals surface area contributed by atoms with Gasteiger partial charge in [-0.15, -0.1) is 0 Å². The van der Waals surface area contributed by atoms with Crippen molar-refractivity contribution in [2.75, 3.05) is 6.61 Å². The molecule has 0 N–H and O–H groups in total. The Balaban J connectivity index is 1.96. The Hall–Kier alpha value is -1.84. The topological polar surface area (TPSA) is 61.6 Å². The minimum absolute atomic E-state index is 0.157. The van der Waals surface area contributed by atoms with Crippen LogP contribution in [0, 0.1) is 0 Å². The van der Waals surface area contributed by atoms with Crippen molar-refractivity contribution in [3.8, 4) is 0 Å². The van der Waals surface area contributed by atoms with E-state index in [0.29, 0.717) is 12.5 Å². The number of hydrogen-bond donors (Lipinski definition) is 0. The third-order valence-electron chi connectivity index (χ3n) is 1.87. The molecule has 15 heavy (non-hydrogen) atoms. The molecule has 1 atom stereocenters. The lowest BCUT2D eigenvalue weighted by Gasteiger charge is -2.17. The summed E-state index contributed by atoms with van der Waals surface area (Å²) < 4.78 is 15.4. The van der Waals surface area contributed by atoms with E-state index in [4.69, 9.17) is 13.9 Å². The summed E-state index contributed by atoms with van der Waals surface area (Å²) in [7, 11) is 0. The molecule has 0 radical (unpaired) electrons. The van der Waals surface area contributed by atoms with E-state index in [0.717, 1.165) is 0 Å². The molecular formula is C10H9NO4. The van der Waals surface area contributed by atoms with E-state index in [9.17, 15) is 4.79 Å². The van der Waals surface area contributed by atoms with E-state index < -0.39 is 6.10 Å². The maximum atomic E-state index is 10.5. The lowest BCUT2D eigenvalue weighted by Crippen LogP contribution is -2.19. The van der Waals surface area contributed by atoms with Crippen LogP contribution in [0.1, 0.15) is 5.89 Å². The average molecular weight is 207 g/mol. The molecule has 1 aliphatic heterocycles. The van der Waals surface area contributed by atoms with Crippen molar-refractivity contribution in [2.24, 2.45) is 0 Å². The first-order valence-corrected chi connectivity index (χ1v) is 4.44. The maximum absolute atomic E-state index is 10.5. The monoisotopic (exact) mass is 207 g/mol.